The van der Waals surface area contributed by atoms with Crippen LogP contribution in [0.4, 0.5) is 0 Å². The summed E-state index contributed by atoms with van der Waals surface area (Å²) in [7, 11) is 0. The molecule has 1 nitrogen and oxygen atoms in total. The average molecular weight is 261 g/mol. The smallest absolute Gasteiger partial charge is 0.142 e. The molecule has 0 N–H and O–H groups in total. The summed E-state index contributed by atoms with van der Waals surface area (Å²) in [4.78, 5) is 10.3. The first-order valence-corrected chi connectivity index (χ1v) is 5.41. The number of fused-ring (bicyclic) bond motifs is 1. The zero-order valence-corrected chi connectivity index (χ0v) is 9.57. The van der Waals surface area contributed by atoms with E-state index in [0.717, 1.165) is 27.1 Å². The van der Waals surface area contributed by atoms with Crippen molar-refractivity contribution in [2.45, 2.75) is 0 Å². The lowest BCUT2D eigenvalue weighted by Gasteiger charge is -2.03. The maximum absolute atomic E-state index is 10.3. The molecule has 0 atom stereocenters. The van der Waals surface area contributed by atoms with E-state index in [0.29, 0.717) is 0 Å². The van der Waals surface area contributed by atoms with E-state index in [-0.39, 0.29) is 0 Å². The fourth-order valence-electron chi connectivity index (χ4n) is 1.57. The molecule has 2 aromatic rings. The van der Waals surface area contributed by atoms with Crippen molar-refractivity contribution in [1.29, 1.82) is 0 Å². The molecule has 0 saturated carbocycles. The average Bonchev–Trinajstić information content (AvgIpc) is 2.29. The largest absolute Gasteiger partial charge is 0.299 e. The van der Waals surface area contributed by atoms with Crippen LogP contribution in [0.3, 0.4) is 0 Å². The van der Waals surface area contributed by atoms with Crippen LogP contribution in [0.2, 0.25) is 0 Å². The summed E-state index contributed by atoms with van der Waals surface area (Å²) in [5.74, 6) is 0. The third kappa shape index (κ3) is 2.00. The molecule has 0 aliphatic rings. The predicted octanol–water partition coefficient (Wildman–Crippen LogP) is 3.81. The van der Waals surface area contributed by atoms with Gasteiger partial charge in [-0.25, -0.2) is 0 Å². The van der Waals surface area contributed by atoms with Gasteiger partial charge >= 0.3 is 0 Å². The van der Waals surface area contributed by atoms with Crippen LogP contribution in [-0.2, 0) is 4.79 Å². The zero-order valence-electron chi connectivity index (χ0n) is 7.98. The standard InChI is InChI=1S/C13H9BrO/c14-13-8-7-10(4-3-9-15)11-5-1-2-6-12(11)13/h1-9H/b4-3+. The number of halogens is 1. The second-order valence-corrected chi connectivity index (χ2v) is 4.03. The molecular formula is C13H9BrO. The molecule has 15 heavy (non-hydrogen) atoms. The molecule has 0 bridgehead atoms. The Bertz CT molecular complexity index is 529. The Labute approximate surface area is 96.5 Å². The van der Waals surface area contributed by atoms with E-state index in [1.165, 1.54) is 6.08 Å². The summed E-state index contributed by atoms with van der Waals surface area (Å²) >= 11 is 3.51. The summed E-state index contributed by atoms with van der Waals surface area (Å²) in [5, 5.41) is 2.30. The van der Waals surface area contributed by atoms with Gasteiger partial charge < -0.3 is 0 Å². The van der Waals surface area contributed by atoms with Gasteiger partial charge in [0.25, 0.3) is 0 Å². The van der Waals surface area contributed by atoms with Gasteiger partial charge in [0.2, 0.25) is 0 Å². The van der Waals surface area contributed by atoms with E-state index < -0.39 is 0 Å². The SMILES string of the molecule is O=C/C=C/c1ccc(Br)c2ccccc12. The van der Waals surface area contributed by atoms with Crippen LogP contribution < -0.4 is 0 Å². The lowest BCUT2D eigenvalue weighted by molar-refractivity contribution is -0.104. The van der Waals surface area contributed by atoms with E-state index in [9.17, 15) is 4.79 Å². The van der Waals surface area contributed by atoms with Gasteiger partial charge in [0.1, 0.15) is 6.29 Å². The minimum Gasteiger partial charge on any atom is -0.299 e. The van der Waals surface area contributed by atoms with Gasteiger partial charge in [-0.05, 0) is 28.5 Å². The third-order valence-corrected chi connectivity index (χ3v) is 2.95. The van der Waals surface area contributed by atoms with Crippen LogP contribution in [0.15, 0.2) is 46.9 Å². The number of allylic oxidation sites excluding steroid dienone is 1. The zero-order chi connectivity index (χ0) is 10.7. The summed E-state index contributed by atoms with van der Waals surface area (Å²) in [6.07, 6.45) is 4.12. The summed E-state index contributed by atoms with van der Waals surface area (Å²) in [5.41, 5.74) is 1.06. The van der Waals surface area contributed by atoms with E-state index in [2.05, 4.69) is 22.0 Å². The van der Waals surface area contributed by atoms with Gasteiger partial charge in [-0.1, -0.05) is 52.3 Å². The molecule has 74 valence electrons. The van der Waals surface area contributed by atoms with Gasteiger partial charge in [-0.3, -0.25) is 4.79 Å². The molecule has 0 heterocycles. The summed E-state index contributed by atoms with van der Waals surface area (Å²) in [6, 6.07) is 12.1. The lowest BCUT2D eigenvalue weighted by atomic mass is 10.0. The van der Waals surface area contributed by atoms with Gasteiger partial charge in [0.15, 0.2) is 0 Å². The Kier molecular flexibility index (Phi) is 2.97. The van der Waals surface area contributed by atoms with Crippen molar-refractivity contribution in [3.63, 3.8) is 0 Å². The van der Waals surface area contributed by atoms with Crippen molar-refractivity contribution in [2.24, 2.45) is 0 Å². The van der Waals surface area contributed by atoms with Crippen molar-refractivity contribution in [1.82, 2.24) is 0 Å². The van der Waals surface area contributed by atoms with E-state index >= 15 is 0 Å². The van der Waals surface area contributed by atoms with Crippen LogP contribution >= 0.6 is 15.9 Å². The third-order valence-electron chi connectivity index (χ3n) is 2.26. The topological polar surface area (TPSA) is 17.1 Å². The summed E-state index contributed by atoms with van der Waals surface area (Å²) in [6.45, 7) is 0. The molecule has 0 aliphatic carbocycles. The van der Waals surface area contributed by atoms with Crippen LogP contribution in [0.1, 0.15) is 5.56 Å². The first kappa shape index (κ1) is 10.1. The number of aldehydes is 1. The van der Waals surface area contributed by atoms with Gasteiger partial charge in [0, 0.05) is 4.47 Å². The van der Waals surface area contributed by atoms with E-state index in [1.54, 1.807) is 0 Å². The molecule has 0 saturated heterocycles. The quantitative estimate of drug-likeness (QED) is 0.593. The molecular weight excluding hydrogens is 252 g/mol. The predicted molar refractivity (Wildman–Crippen MR) is 66.7 cm³/mol. The Morgan fingerprint density at radius 1 is 1.00 bits per heavy atom. The number of carbonyl (C=O) groups excluding carboxylic acids is 1. The Hall–Kier alpha value is -1.41. The first-order chi connectivity index (χ1) is 7.33. The number of carbonyl (C=O) groups is 1. The Morgan fingerprint density at radius 2 is 1.73 bits per heavy atom. The number of hydrogen-bond donors (Lipinski definition) is 0. The highest BCUT2D eigenvalue weighted by Crippen LogP contribution is 2.27. The second-order valence-electron chi connectivity index (χ2n) is 3.18. The minimum absolute atomic E-state index is 0.789. The Morgan fingerprint density at radius 3 is 2.47 bits per heavy atom. The first-order valence-electron chi connectivity index (χ1n) is 4.62. The molecule has 0 unspecified atom stereocenters. The fraction of sp³-hybridized carbons (Fsp3) is 0. The Balaban J connectivity index is 2.71. The maximum atomic E-state index is 10.3. The highest BCUT2D eigenvalue weighted by atomic mass is 79.9. The minimum atomic E-state index is 0.789. The van der Waals surface area contributed by atoms with Crippen molar-refractivity contribution < 1.29 is 4.79 Å². The molecule has 2 aromatic carbocycles. The molecule has 0 radical (unpaired) electrons. The van der Waals surface area contributed by atoms with Crippen molar-refractivity contribution in [2.75, 3.05) is 0 Å². The van der Waals surface area contributed by atoms with Crippen molar-refractivity contribution in [3.8, 4) is 0 Å². The van der Waals surface area contributed by atoms with Crippen LogP contribution in [0.5, 0.6) is 0 Å². The fourth-order valence-corrected chi connectivity index (χ4v) is 2.05. The van der Waals surface area contributed by atoms with Gasteiger partial charge in [-0.2, -0.15) is 0 Å². The highest BCUT2D eigenvalue weighted by Gasteiger charge is 2.00. The van der Waals surface area contributed by atoms with Crippen molar-refractivity contribution in [3.05, 3.63) is 52.5 Å². The van der Waals surface area contributed by atoms with Crippen LogP contribution in [0, 0.1) is 0 Å². The normalized spacial score (nSPS) is 11.0. The molecule has 0 fully saturated rings. The summed E-state index contributed by atoms with van der Waals surface area (Å²) < 4.78 is 1.07. The number of benzene rings is 2. The van der Waals surface area contributed by atoms with E-state index in [4.69, 9.17) is 0 Å². The van der Waals surface area contributed by atoms with Crippen molar-refractivity contribution >= 4 is 39.1 Å². The second kappa shape index (κ2) is 4.41. The van der Waals surface area contributed by atoms with Crippen LogP contribution in [-0.4, -0.2) is 6.29 Å². The van der Waals surface area contributed by atoms with E-state index in [1.807, 2.05) is 36.4 Å². The lowest BCUT2D eigenvalue weighted by Crippen LogP contribution is -1.79. The molecule has 0 spiro atoms. The number of hydrogen-bond acceptors (Lipinski definition) is 1. The molecule has 0 aliphatic heterocycles. The molecule has 2 rings (SSSR count). The molecule has 0 aromatic heterocycles. The number of rotatable bonds is 2. The van der Waals surface area contributed by atoms with Gasteiger partial charge in [-0.15, -0.1) is 0 Å². The molecule has 2 heteroatoms. The highest BCUT2D eigenvalue weighted by molar-refractivity contribution is 9.10. The van der Waals surface area contributed by atoms with Gasteiger partial charge in [0.05, 0.1) is 0 Å². The molecule has 0 amide bonds. The monoisotopic (exact) mass is 260 g/mol. The maximum Gasteiger partial charge on any atom is 0.142 e. The van der Waals surface area contributed by atoms with Crippen LogP contribution in [0.25, 0.3) is 16.8 Å².